The van der Waals surface area contributed by atoms with Crippen LogP contribution in [0.1, 0.15) is 22.7 Å². The summed E-state index contributed by atoms with van der Waals surface area (Å²) in [5.41, 5.74) is 5.75. The zero-order valence-electron chi connectivity index (χ0n) is 8.13. The van der Waals surface area contributed by atoms with E-state index in [-0.39, 0.29) is 11.1 Å². The highest BCUT2D eigenvalue weighted by Crippen LogP contribution is 2.20. The standard InChI is InChI=1S/C10H11F2NO2/c1-5-2-6(9(13)10(14)15)3-8(12)7(5)4-11/h2-3,9H,4,13H2,1H3,(H,14,15). The second-order valence-corrected chi connectivity index (χ2v) is 3.25. The van der Waals surface area contributed by atoms with E-state index in [9.17, 15) is 13.6 Å². The van der Waals surface area contributed by atoms with E-state index >= 15 is 0 Å². The van der Waals surface area contributed by atoms with Gasteiger partial charge in [-0.05, 0) is 24.1 Å². The number of carbonyl (C=O) groups is 1. The first-order chi connectivity index (χ1) is 6.97. The molecule has 15 heavy (non-hydrogen) atoms. The maximum atomic E-state index is 13.2. The number of aryl methyl sites for hydroxylation is 1. The summed E-state index contributed by atoms with van der Waals surface area (Å²) in [4.78, 5) is 10.6. The molecule has 0 bridgehead atoms. The molecule has 0 aromatic heterocycles. The zero-order chi connectivity index (χ0) is 11.6. The fourth-order valence-electron chi connectivity index (χ4n) is 1.29. The summed E-state index contributed by atoms with van der Waals surface area (Å²) < 4.78 is 25.6. The number of nitrogens with two attached hydrogens (primary N) is 1. The molecule has 0 saturated heterocycles. The lowest BCUT2D eigenvalue weighted by Gasteiger charge is -2.10. The van der Waals surface area contributed by atoms with Gasteiger partial charge in [0.1, 0.15) is 18.5 Å². The number of benzene rings is 1. The summed E-state index contributed by atoms with van der Waals surface area (Å²) in [6.45, 7) is 0.594. The topological polar surface area (TPSA) is 63.3 Å². The summed E-state index contributed by atoms with van der Waals surface area (Å²) >= 11 is 0. The van der Waals surface area contributed by atoms with Gasteiger partial charge in [0.15, 0.2) is 0 Å². The van der Waals surface area contributed by atoms with Gasteiger partial charge in [0, 0.05) is 5.56 Å². The van der Waals surface area contributed by atoms with Gasteiger partial charge in [0.2, 0.25) is 0 Å². The molecule has 1 aromatic rings. The van der Waals surface area contributed by atoms with Crippen LogP contribution in [-0.2, 0) is 11.5 Å². The summed E-state index contributed by atoms with van der Waals surface area (Å²) in [6, 6.07) is 1.06. The quantitative estimate of drug-likeness (QED) is 0.806. The molecular weight excluding hydrogens is 204 g/mol. The first kappa shape index (κ1) is 11.6. The molecule has 5 heteroatoms. The smallest absolute Gasteiger partial charge is 0.325 e. The molecule has 0 fully saturated rings. The van der Waals surface area contributed by atoms with Crippen LogP contribution in [0.3, 0.4) is 0 Å². The Morgan fingerprint density at radius 3 is 2.60 bits per heavy atom. The maximum Gasteiger partial charge on any atom is 0.325 e. The minimum absolute atomic E-state index is 0.0589. The van der Waals surface area contributed by atoms with Crippen molar-refractivity contribution in [2.75, 3.05) is 0 Å². The SMILES string of the molecule is Cc1cc(C(N)C(=O)O)cc(F)c1CF. The lowest BCUT2D eigenvalue weighted by atomic mass is 10.0. The summed E-state index contributed by atoms with van der Waals surface area (Å²) in [6.07, 6.45) is 0. The Morgan fingerprint density at radius 1 is 1.60 bits per heavy atom. The predicted molar refractivity (Wildman–Crippen MR) is 50.5 cm³/mol. The van der Waals surface area contributed by atoms with Crippen molar-refractivity contribution in [3.05, 3.63) is 34.6 Å². The molecule has 0 aliphatic carbocycles. The number of hydrogen-bond acceptors (Lipinski definition) is 2. The van der Waals surface area contributed by atoms with E-state index < -0.39 is 24.5 Å². The molecule has 0 radical (unpaired) electrons. The average molecular weight is 215 g/mol. The van der Waals surface area contributed by atoms with Crippen molar-refractivity contribution in [3.63, 3.8) is 0 Å². The van der Waals surface area contributed by atoms with Crippen LogP contribution in [0.2, 0.25) is 0 Å². The van der Waals surface area contributed by atoms with E-state index in [2.05, 4.69) is 0 Å². The summed E-state index contributed by atoms with van der Waals surface area (Å²) in [5.74, 6) is -2.01. The van der Waals surface area contributed by atoms with Crippen molar-refractivity contribution < 1.29 is 18.7 Å². The molecule has 1 unspecified atom stereocenters. The number of carboxylic acid groups (broad SMARTS) is 1. The highest BCUT2D eigenvalue weighted by atomic mass is 19.1. The van der Waals surface area contributed by atoms with Crippen LogP contribution in [0.5, 0.6) is 0 Å². The Morgan fingerprint density at radius 2 is 2.20 bits per heavy atom. The molecule has 0 aliphatic rings. The number of alkyl halides is 1. The summed E-state index contributed by atoms with van der Waals surface area (Å²) in [7, 11) is 0. The third-order valence-corrected chi connectivity index (χ3v) is 2.20. The minimum Gasteiger partial charge on any atom is -0.480 e. The molecule has 82 valence electrons. The number of hydrogen-bond donors (Lipinski definition) is 2. The third kappa shape index (κ3) is 2.30. The van der Waals surface area contributed by atoms with Crippen LogP contribution in [0.4, 0.5) is 8.78 Å². The fourth-order valence-corrected chi connectivity index (χ4v) is 1.29. The largest absolute Gasteiger partial charge is 0.480 e. The Labute approximate surface area is 85.5 Å². The number of carboxylic acids is 1. The molecular formula is C10H11F2NO2. The van der Waals surface area contributed by atoms with Gasteiger partial charge in [-0.3, -0.25) is 4.79 Å². The Balaban J connectivity index is 3.19. The van der Waals surface area contributed by atoms with E-state index in [1.807, 2.05) is 0 Å². The maximum absolute atomic E-state index is 13.2. The van der Waals surface area contributed by atoms with Gasteiger partial charge in [-0.15, -0.1) is 0 Å². The Hall–Kier alpha value is -1.49. The van der Waals surface area contributed by atoms with E-state index in [4.69, 9.17) is 10.8 Å². The van der Waals surface area contributed by atoms with Crippen molar-refractivity contribution >= 4 is 5.97 Å². The number of rotatable bonds is 3. The van der Waals surface area contributed by atoms with E-state index in [1.54, 1.807) is 0 Å². The average Bonchev–Trinajstić information content (AvgIpc) is 2.15. The molecule has 3 nitrogen and oxygen atoms in total. The van der Waals surface area contributed by atoms with E-state index in [0.717, 1.165) is 6.07 Å². The predicted octanol–water partition coefficient (Wildman–Crippen LogP) is 1.69. The van der Waals surface area contributed by atoms with Crippen molar-refractivity contribution in [1.29, 1.82) is 0 Å². The van der Waals surface area contributed by atoms with E-state index in [0.29, 0.717) is 5.56 Å². The molecule has 0 aliphatic heterocycles. The van der Waals surface area contributed by atoms with Gasteiger partial charge in [-0.25, -0.2) is 8.78 Å². The first-order valence-corrected chi connectivity index (χ1v) is 4.30. The molecule has 0 amide bonds. The highest BCUT2D eigenvalue weighted by molar-refractivity contribution is 5.75. The normalized spacial score (nSPS) is 12.5. The molecule has 1 aromatic carbocycles. The molecule has 0 saturated carbocycles. The van der Waals surface area contributed by atoms with Gasteiger partial charge in [0.05, 0.1) is 0 Å². The van der Waals surface area contributed by atoms with Gasteiger partial charge in [-0.1, -0.05) is 6.07 Å². The fraction of sp³-hybridized carbons (Fsp3) is 0.300. The Bertz CT molecular complexity index is 370. The zero-order valence-corrected chi connectivity index (χ0v) is 8.13. The van der Waals surface area contributed by atoms with Gasteiger partial charge in [-0.2, -0.15) is 0 Å². The molecule has 0 spiro atoms. The molecule has 1 atom stereocenters. The van der Waals surface area contributed by atoms with Crippen LogP contribution >= 0.6 is 0 Å². The van der Waals surface area contributed by atoms with Crippen molar-refractivity contribution in [3.8, 4) is 0 Å². The van der Waals surface area contributed by atoms with Crippen LogP contribution < -0.4 is 5.73 Å². The van der Waals surface area contributed by atoms with Gasteiger partial charge < -0.3 is 10.8 Å². The third-order valence-electron chi connectivity index (χ3n) is 2.20. The Kier molecular flexibility index (Phi) is 3.36. The molecule has 1 rings (SSSR count). The second kappa shape index (κ2) is 4.35. The first-order valence-electron chi connectivity index (χ1n) is 4.30. The summed E-state index contributed by atoms with van der Waals surface area (Å²) in [5, 5.41) is 8.62. The molecule has 3 N–H and O–H groups in total. The van der Waals surface area contributed by atoms with Crippen molar-refractivity contribution in [1.82, 2.24) is 0 Å². The minimum atomic E-state index is -1.29. The highest BCUT2D eigenvalue weighted by Gasteiger charge is 2.17. The van der Waals surface area contributed by atoms with Crippen LogP contribution in [0, 0.1) is 12.7 Å². The van der Waals surface area contributed by atoms with E-state index in [1.165, 1.54) is 13.0 Å². The van der Waals surface area contributed by atoms with Crippen molar-refractivity contribution in [2.45, 2.75) is 19.6 Å². The number of halogens is 2. The monoisotopic (exact) mass is 215 g/mol. The molecule has 0 heterocycles. The lowest BCUT2D eigenvalue weighted by molar-refractivity contribution is -0.138. The number of aliphatic carboxylic acids is 1. The van der Waals surface area contributed by atoms with Crippen LogP contribution in [0.15, 0.2) is 12.1 Å². The van der Waals surface area contributed by atoms with Crippen molar-refractivity contribution in [2.24, 2.45) is 5.73 Å². The van der Waals surface area contributed by atoms with Gasteiger partial charge in [0.25, 0.3) is 0 Å². The van der Waals surface area contributed by atoms with Gasteiger partial charge >= 0.3 is 5.97 Å². The van der Waals surface area contributed by atoms with Crippen LogP contribution in [-0.4, -0.2) is 11.1 Å². The second-order valence-electron chi connectivity index (χ2n) is 3.25. The van der Waals surface area contributed by atoms with Crippen LogP contribution in [0.25, 0.3) is 0 Å². The lowest BCUT2D eigenvalue weighted by Crippen LogP contribution is -2.21.